The number of nitrogens with zero attached hydrogens (tertiary/aromatic N) is 3. The van der Waals surface area contributed by atoms with Crippen molar-refractivity contribution in [2.75, 3.05) is 0 Å². The highest BCUT2D eigenvalue weighted by Crippen LogP contribution is 2.26. The summed E-state index contributed by atoms with van der Waals surface area (Å²) in [6, 6.07) is 9.70. The van der Waals surface area contributed by atoms with E-state index >= 15 is 0 Å². The molecule has 0 aliphatic heterocycles. The molecule has 4 aromatic rings. The number of rotatable bonds is 5. The first kappa shape index (κ1) is 17.0. The van der Waals surface area contributed by atoms with Crippen LogP contribution in [-0.4, -0.2) is 20.1 Å². The van der Waals surface area contributed by atoms with E-state index in [-0.39, 0.29) is 5.56 Å². The van der Waals surface area contributed by atoms with Gasteiger partial charge in [0.15, 0.2) is 0 Å². The fourth-order valence-corrected chi connectivity index (χ4v) is 4.39. The van der Waals surface area contributed by atoms with E-state index < -0.39 is 0 Å². The van der Waals surface area contributed by atoms with Gasteiger partial charge >= 0.3 is 0 Å². The molecule has 0 atom stereocenters. The first-order valence-electron chi connectivity index (χ1n) is 8.06. The van der Waals surface area contributed by atoms with E-state index in [1.165, 1.54) is 0 Å². The zero-order chi connectivity index (χ0) is 18.1. The number of aromatic amines is 1. The molecule has 6 nitrogen and oxygen atoms in total. The molecular formula is C18H16N4O2S2. The fourth-order valence-electron chi connectivity index (χ4n) is 2.62. The van der Waals surface area contributed by atoms with Gasteiger partial charge in [0.05, 0.1) is 16.9 Å². The van der Waals surface area contributed by atoms with Crippen molar-refractivity contribution in [1.29, 1.82) is 0 Å². The molecule has 0 saturated carbocycles. The molecule has 0 aliphatic rings. The Labute approximate surface area is 157 Å². The number of H-pyrrole nitrogens is 1. The number of fused-ring (bicyclic) bond motifs is 1. The Hall–Kier alpha value is -2.45. The maximum absolute atomic E-state index is 12.3. The molecule has 0 aliphatic carbocycles. The molecule has 0 amide bonds. The minimum Gasteiger partial charge on any atom is -0.338 e. The molecule has 3 aromatic heterocycles. The predicted molar refractivity (Wildman–Crippen MR) is 104 cm³/mol. The predicted octanol–water partition coefficient (Wildman–Crippen LogP) is 4.08. The lowest BCUT2D eigenvalue weighted by Crippen LogP contribution is -2.10. The van der Waals surface area contributed by atoms with Crippen molar-refractivity contribution in [1.82, 2.24) is 20.1 Å². The highest BCUT2D eigenvalue weighted by Gasteiger charge is 2.13. The quantitative estimate of drug-likeness (QED) is 0.558. The Balaban J connectivity index is 1.45. The Bertz CT molecular complexity index is 1120. The number of benzene rings is 1. The topological polar surface area (TPSA) is 84.7 Å². The van der Waals surface area contributed by atoms with Gasteiger partial charge in [-0.1, -0.05) is 35.5 Å². The molecule has 0 spiro atoms. The van der Waals surface area contributed by atoms with Gasteiger partial charge in [0.2, 0.25) is 11.7 Å². The molecule has 0 radical (unpaired) electrons. The highest BCUT2D eigenvalue weighted by atomic mass is 32.2. The number of hydrogen-bond acceptors (Lipinski definition) is 7. The Morgan fingerprint density at radius 1 is 1.15 bits per heavy atom. The number of aromatic nitrogens is 4. The van der Waals surface area contributed by atoms with Gasteiger partial charge in [-0.2, -0.15) is 4.98 Å². The monoisotopic (exact) mass is 384 g/mol. The van der Waals surface area contributed by atoms with Crippen molar-refractivity contribution in [2.45, 2.75) is 25.4 Å². The van der Waals surface area contributed by atoms with Crippen molar-refractivity contribution < 1.29 is 4.52 Å². The molecule has 4 rings (SSSR count). The number of thioether (sulfide) groups is 1. The average molecular weight is 384 g/mol. The van der Waals surface area contributed by atoms with E-state index in [9.17, 15) is 4.79 Å². The summed E-state index contributed by atoms with van der Waals surface area (Å²) in [4.78, 5) is 26.1. The summed E-state index contributed by atoms with van der Waals surface area (Å²) in [6.45, 7) is 3.97. The largest absolute Gasteiger partial charge is 0.338 e. The van der Waals surface area contributed by atoms with Crippen molar-refractivity contribution in [2.24, 2.45) is 0 Å². The van der Waals surface area contributed by atoms with Gasteiger partial charge in [0, 0.05) is 10.4 Å². The van der Waals surface area contributed by atoms with Gasteiger partial charge in [-0.3, -0.25) is 4.79 Å². The summed E-state index contributed by atoms with van der Waals surface area (Å²) >= 11 is 3.13. The standard InChI is InChI=1S/C18H16N4O2S2/c1-10-11(2)26-18-15(10)17(23)19-13(20-18)8-25-9-14-21-16(22-24-14)12-6-4-3-5-7-12/h3-7H,8-9H2,1-2H3,(H,19,20,23). The normalized spacial score (nSPS) is 11.3. The van der Waals surface area contributed by atoms with Crippen LogP contribution < -0.4 is 5.56 Å². The lowest BCUT2D eigenvalue weighted by Gasteiger charge is -1.99. The molecule has 3 heterocycles. The minimum atomic E-state index is -0.0726. The van der Waals surface area contributed by atoms with Gasteiger partial charge in [0.1, 0.15) is 10.7 Å². The van der Waals surface area contributed by atoms with Gasteiger partial charge < -0.3 is 9.51 Å². The van der Waals surface area contributed by atoms with Crippen molar-refractivity contribution >= 4 is 33.3 Å². The lowest BCUT2D eigenvalue weighted by atomic mass is 10.2. The SMILES string of the molecule is Cc1sc2nc(CSCc3nc(-c4ccccc4)no3)[nH]c(=O)c2c1C. The van der Waals surface area contributed by atoms with Crippen LogP contribution in [0.4, 0.5) is 0 Å². The van der Waals surface area contributed by atoms with Crippen LogP contribution in [-0.2, 0) is 11.5 Å². The van der Waals surface area contributed by atoms with E-state index in [1.807, 2.05) is 44.2 Å². The maximum atomic E-state index is 12.3. The smallest absolute Gasteiger partial charge is 0.259 e. The summed E-state index contributed by atoms with van der Waals surface area (Å²) in [5.41, 5.74) is 1.86. The van der Waals surface area contributed by atoms with Crippen molar-refractivity contribution in [3.05, 3.63) is 62.8 Å². The Morgan fingerprint density at radius 3 is 2.77 bits per heavy atom. The Morgan fingerprint density at radius 2 is 1.96 bits per heavy atom. The third-order valence-corrected chi connectivity index (χ3v) is 6.08. The van der Waals surface area contributed by atoms with Crippen LogP contribution in [0.5, 0.6) is 0 Å². The molecule has 1 aromatic carbocycles. The minimum absolute atomic E-state index is 0.0726. The number of nitrogens with one attached hydrogen (secondary N) is 1. The first-order valence-corrected chi connectivity index (χ1v) is 10.0. The second-order valence-electron chi connectivity index (χ2n) is 5.85. The zero-order valence-corrected chi connectivity index (χ0v) is 15.9. The van der Waals surface area contributed by atoms with E-state index in [0.717, 1.165) is 20.8 Å². The van der Waals surface area contributed by atoms with Gasteiger partial charge in [-0.05, 0) is 19.4 Å². The highest BCUT2D eigenvalue weighted by molar-refractivity contribution is 7.97. The van der Waals surface area contributed by atoms with Crippen molar-refractivity contribution in [3.8, 4) is 11.4 Å². The van der Waals surface area contributed by atoms with Gasteiger partial charge in [-0.25, -0.2) is 4.98 Å². The summed E-state index contributed by atoms with van der Waals surface area (Å²) in [7, 11) is 0. The zero-order valence-electron chi connectivity index (χ0n) is 14.3. The van der Waals surface area contributed by atoms with Crippen molar-refractivity contribution in [3.63, 3.8) is 0 Å². The number of thiophene rings is 1. The van der Waals surface area contributed by atoms with Crippen LogP contribution in [0.25, 0.3) is 21.6 Å². The van der Waals surface area contributed by atoms with E-state index in [4.69, 9.17) is 4.52 Å². The fraction of sp³-hybridized carbons (Fsp3) is 0.222. The number of hydrogen-bond donors (Lipinski definition) is 1. The van der Waals surface area contributed by atoms with Gasteiger partial charge in [-0.15, -0.1) is 23.1 Å². The Kier molecular flexibility index (Phi) is 4.60. The van der Waals surface area contributed by atoms with E-state index in [1.54, 1.807) is 23.1 Å². The lowest BCUT2D eigenvalue weighted by molar-refractivity contribution is 0.391. The average Bonchev–Trinajstić information content (AvgIpc) is 3.21. The molecule has 0 fully saturated rings. The maximum Gasteiger partial charge on any atom is 0.259 e. The molecule has 0 saturated heterocycles. The molecule has 0 unspecified atom stereocenters. The van der Waals surface area contributed by atoms with Crippen LogP contribution >= 0.6 is 23.1 Å². The third kappa shape index (κ3) is 3.30. The van der Waals surface area contributed by atoms with Crippen LogP contribution in [0.15, 0.2) is 39.6 Å². The molecule has 0 bridgehead atoms. The first-order chi connectivity index (χ1) is 12.6. The molecule has 132 valence electrons. The second kappa shape index (κ2) is 7.05. The third-order valence-electron chi connectivity index (χ3n) is 4.05. The summed E-state index contributed by atoms with van der Waals surface area (Å²) < 4.78 is 5.30. The summed E-state index contributed by atoms with van der Waals surface area (Å²) in [6.07, 6.45) is 0. The van der Waals surface area contributed by atoms with E-state index in [2.05, 4.69) is 20.1 Å². The molecular weight excluding hydrogens is 368 g/mol. The molecule has 26 heavy (non-hydrogen) atoms. The second-order valence-corrected chi connectivity index (χ2v) is 8.04. The van der Waals surface area contributed by atoms with Gasteiger partial charge in [0.25, 0.3) is 5.56 Å². The number of aryl methyl sites for hydroxylation is 2. The van der Waals surface area contributed by atoms with E-state index in [0.29, 0.717) is 34.4 Å². The van der Waals surface area contributed by atoms with Crippen LogP contribution in [0.3, 0.4) is 0 Å². The molecule has 1 N–H and O–H groups in total. The van der Waals surface area contributed by atoms with Crippen LogP contribution in [0.2, 0.25) is 0 Å². The molecule has 8 heteroatoms. The summed E-state index contributed by atoms with van der Waals surface area (Å²) in [5.74, 6) is 2.93. The summed E-state index contributed by atoms with van der Waals surface area (Å²) in [5, 5.41) is 4.71. The van der Waals surface area contributed by atoms with Crippen LogP contribution in [0, 0.1) is 13.8 Å². The van der Waals surface area contributed by atoms with Crippen LogP contribution in [0.1, 0.15) is 22.2 Å².